The molecule has 2 aliphatic rings. The topological polar surface area (TPSA) is 66.6 Å². The van der Waals surface area contributed by atoms with E-state index in [1.54, 1.807) is 23.1 Å². The normalized spacial score (nSPS) is 17.4. The van der Waals surface area contributed by atoms with Crippen LogP contribution < -0.4 is 9.80 Å². The number of aromatic nitrogens is 3. The number of aliphatic hydroxyl groups is 1. The van der Waals surface area contributed by atoms with Gasteiger partial charge in [-0.3, -0.25) is 0 Å². The summed E-state index contributed by atoms with van der Waals surface area (Å²) >= 11 is 3.41. The highest BCUT2D eigenvalue weighted by atomic mass is 32.2. The van der Waals surface area contributed by atoms with E-state index in [0.717, 1.165) is 79.7 Å². The predicted octanol–water partition coefficient (Wildman–Crippen LogP) is 2.10. The van der Waals surface area contributed by atoms with Crippen LogP contribution in [0.15, 0.2) is 5.16 Å². The average Bonchev–Trinajstić information content (AvgIpc) is 3.38. The van der Waals surface area contributed by atoms with Gasteiger partial charge in [0, 0.05) is 11.1 Å². The van der Waals surface area contributed by atoms with Crippen LogP contribution in [0.3, 0.4) is 0 Å². The Balaban J connectivity index is 1.65. The summed E-state index contributed by atoms with van der Waals surface area (Å²) in [6.07, 6.45) is 7.80. The second kappa shape index (κ2) is 8.57. The van der Waals surface area contributed by atoms with Crippen LogP contribution in [0, 0.1) is 0 Å². The summed E-state index contributed by atoms with van der Waals surface area (Å²) in [7, 11) is 0. The first-order chi connectivity index (χ1) is 14.7. The van der Waals surface area contributed by atoms with Crippen LogP contribution in [0.1, 0.15) is 36.6 Å². The zero-order chi connectivity index (χ0) is 20.7. The molecule has 0 saturated carbocycles. The van der Waals surface area contributed by atoms with Crippen LogP contribution in [0.4, 0.5) is 5.82 Å². The molecule has 30 heavy (non-hydrogen) atoms. The van der Waals surface area contributed by atoms with Gasteiger partial charge >= 0.3 is 0 Å². The molecule has 0 aromatic carbocycles. The Morgan fingerprint density at radius 2 is 1.93 bits per heavy atom. The van der Waals surface area contributed by atoms with Gasteiger partial charge in [-0.05, 0) is 43.1 Å². The lowest BCUT2D eigenvalue weighted by Gasteiger charge is -2.32. The van der Waals surface area contributed by atoms with Gasteiger partial charge in [0.05, 0.1) is 43.0 Å². The van der Waals surface area contributed by atoms with E-state index in [4.69, 9.17) is 15.0 Å². The molecule has 2 N–H and O–H groups in total. The minimum absolute atomic E-state index is 0.261. The van der Waals surface area contributed by atoms with Crippen LogP contribution >= 0.6 is 23.1 Å². The lowest BCUT2D eigenvalue weighted by Crippen LogP contribution is -3.15. The monoisotopic (exact) mass is 444 g/mol. The molecular weight excluding hydrogens is 414 g/mol. The van der Waals surface area contributed by atoms with E-state index in [2.05, 4.69) is 18.1 Å². The zero-order valence-corrected chi connectivity index (χ0v) is 19.5. The summed E-state index contributed by atoms with van der Waals surface area (Å²) in [4.78, 5) is 20.1. The quantitative estimate of drug-likeness (QED) is 0.448. The van der Waals surface area contributed by atoms with Crippen LogP contribution in [0.25, 0.3) is 20.4 Å². The van der Waals surface area contributed by atoms with Crippen molar-refractivity contribution in [1.29, 1.82) is 0 Å². The molecule has 4 heterocycles. The minimum Gasteiger partial charge on any atom is -0.391 e. The number of aryl methyl sites for hydroxylation is 2. The maximum absolute atomic E-state index is 9.27. The van der Waals surface area contributed by atoms with Gasteiger partial charge in [0.15, 0.2) is 11.0 Å². The third kappa shape index (κ3) is 3.47. The summed E-state index contributed by atoms with van der Waals surface area (Å²) in [5.74, 6) is 1.08. The Morgan fingerprint density at radius 1 is 1.13 bits per heavy atom. The predicted molar refractivity (Wildman–Crippen MR) is 125 cm³/mol. The van der Waals surface area contributed by atoms with Gasteiger partial charge < -0.3 is 14.9 Å². The van der Waals surface area contributed by atoms with Crippen molar-refractivity contribution in [3.05, 3.63) is 16.8 Å². The van der Waals surface area contributed by atoms with E-state index in [0.29, 0.717) is 0 Å². The molecule has 5 rings (SSSR count). The van der Waals surface area contributed by atoms with Crippen molar-refractivity contribution in [1.82, 2.24) is 15.0 Å². The van der Waals surface area contributed by atoms with Gasteiger partial charge in [0.1, 0.15) is 11.4 Å². The van der Waals surface area contributed by atoms with Gasteiger partial charge in [0.2, 0.25) is 0 Å². The lowest BCUT2D eigenvalue weighted by molar-refractivity contribution is -0.900. The summed E-state index contributed by atoms with van der Waals surface area (Å²) in [6, 6.07) is 0. The minimum atomic E-state index is 0.261. The molecule has 8 heteroatoms. The van der Waals surface area contributed by atoms with Crippen LogP contribution in [-0.2, 0) is 19.3 Å². The molecule has 0 atom stereocenters. The first kappa shape index (κ1) is 20.4. The molecule has 0 bridgehead atoms. The van der Waals surface area contributed by atoms with Crippen molar-refractivity contribution in [2.24, 2.45) is 0 Å². The van der Waals surface area contributed by atoms with E-state index >= 15 is 0 Å². The van der Waals surface area contributed by atoms with Crippen LogP contribution in [-0.4, -0.2) is 65.6 Å². The molecule has 1 saturated heterocycles. The number of nitrogens with zero attached hydrogens (tertiary/aromatic N) is 4. The molecule has 1 fully saturated rings. The van der Waals surface area contributed by atoms with E-state index in [9.17, 15) is 5.11 Å². The molecule has 0 radical (unpaired) electrons. The van der Waals surface area contributed by atoms with Crippen molar-refractivity contribution in [2.75, 3.05) is 50.5 Å². The molecule has 3 aromatic heterocycles. The number of fused-ring (bicyclic) bond motifs is 5. The number of quaternary nitrogens is 1. The Hall–Kier alpha value is -1.48. The van der Waals surface area contributed by atoms with E-state index in [1.807, 2.05) is 0 Å². The molecule has 6 nitrogen and oxygen atoms in total. The molecule has 160 valence electrons. The number of pyridine rings is 1. The number of hydrogen-bond donors (Lipinski definition) is 2. The van der Waals surface area contributed by atoms with Gasteiger partial charge in [-0.2, -0.15) is 0 Å². The van der Waals surface area contributed by atoms with Crippen LogP contribution in [0.2, 0.25) is 0 Å². The zero-order valence-electron chi connectivity index (χ0n) is 17.8. The number of hydrogen-bond acceptors (Lipinski definition) is 7. The summed E-state index contributed by atoms with van der Waals surface area (Å²) in [5.41, 5.74) is 5.42. The van der Waals surface area contributed by atoms with Crippen molar-refractivity contribution in [2.45, 2.75) is 44.2 Å². The van der Waals surface area contributed by atoms with Gasteiger partial charge in [-0.25, -0.2) is 15.0 Å². The third-order valence-electron chi connectivity index (χ3n) is 6.49. The Bertz CT molecular complexity index is 1070. The molecule has 0 amide bonds. The average molecular weight is 445 g/mol. The van der Waals surface area contributed by atoms with E-state index < -0.39 is 0 Å². The third-order valence-corrected chi connectivity index (χ3v) is 8.10. The SMILES string of the molecule is CCCc1nc2sc3c(N4CC[NH+](CCO)CC4)nc(SC)nc3c2c2c1CCC2. The Morgan fingerprint density at radius 3 is 2.67 bits per heavy atom. The van der Waals surface area contributed by atoms with Crippen molar-refractivity contribution < 1.29 is 10.0 Å². The Kier molecular flexibility index (Phi) is 5.84. The molecular formula is C22H30N5OS2+. The van der Waals surface area contributed by atoms with Crippen LogP contribution in [0.5, 0.6) is 0 Å². The molecule has 0 spiro atoms. The standard InChI is InChI=1S/C22H29N5OS2/c1-3-5-16-14-6-4-7-15(14)17-18-19(30-21(17)23-16)20(25-22(24-18)29-2)27-10-8-26(9-11-27)12-13-28/h28H,3-13H2,1-2H3/p+1. The smallest absolute Gasteiger partial charge is 0.189 e. The fraction of sp³-hybridized carbons (Fsp3) is 0.591. The van der Waals surface area contributed by atoms with Gasteiger partial charge in [0.25, 0.3) is 0 Å². The highest BCUT2D eigenvalue weighted by Gasteiger charge is 2.28. The molecule has 3 aromatic rings. The number of piperazine rings is 1. The number of aliphatic hydroxyl groups excluding tert-OH is 1. The number of anilines is 1. The van der Waals surface area contributed by atoms with E-state index in [1.165, 1.54) is 38.2 Å². The number of thioether (sulfide) groups is 1. The molecule has 1 aliphatic carbocycles. The maximum Gasteiger partial charge on any atom is 0.189 e. The van der Waals surface area contributed by atoms with Crippen molar-refractivity contribution in [3.63, 3.8) is 0 Å². The number of rotatable bonds is 6. The summed E-state index contributed by atoms with van der Waals surface area (Å²) < 4.78 is 1.20. The van der Waals surface area contributed by atoms with Gasteiger partial charge in [-0.15, -0.1) is 11.3 Å². The largest absolute Gasteiger partial charge is 0.391 e. The van der Waals surface area contributed by atoms with Crippen molar-refractivity contribution in [3.8, 4) is 0 Å². The lowest BCUT2D eigenvalue weighted by atomic mass is 10.0. The Labute approximate surface area is 185 Å². The van der Waals surface area contributed by atoms with Crippen molar-refractivity contribution >= 4 is 49.3 Å². The first-order valence-electron chi connectivity index (χ1n) is 11.1. The first-order valence-corrected chi connectivity index (χ1v) is 13.2. The maximum atomic E-state index is 9.27. The molecule has 0 unspecified atom stereocenters. The van der Waals surface area contributed by atoms with Gasteiger partial charge in [-0.1, -0.05) is 25.1 Å². The summed E-state index contributed by atoms with van der Waals surface area (Å²) in [5, 5.41) is 11.4. The highest BCUT2D eigenvalue weighted by molar-refractivity contribution is 7.98. The second-order valence-corrected chi connectivity index (χ2v) is 10.1. The second-order valence-electron chi connectivity index (χ2n) is 8.32. The van der Waals surface area contributed by atoms with E-state index in [-0.39, 0.29) is 6.61 Å². The highest BCUT2D eigenvalue weighted by Crippen LogP contribution is 2.43. The molecule has 1 aliphatic heterocycles. The number of nitrogens with one attached hydrogen (secondary N) is 1. The summed E-state index contributed by atoms with van der Waals surface area (Å²) in [6.45, 7) is 7.36. The fourth-order valence-electron chi connectivity index (χ4n) is 5.00. The fourth-order valence-corrected chi connectivity index (χ4v) is 6.54. The number of thiophene rings is 1.